The van der Waals surface area contributed by atoms with E-state index >= 15 is 0 Å². The third kappa shape index (κ3) is 8.65. The van der Waals surface area contributed by atoms with Gasteiger partial charge < -0.3 is 25.6 Å². The number of ether oxygens (including phenoxy) is 1. The summed E-state index contributed by atoms with van der Waals surface area (Å²) in [5, 5.41) is 11.4. The van der Waals surface area contributed by atoms with Gasteiger partial charge in [-0.15, -0.1) is 0 Å². The van der Waals surface area contributed by atoms with Gasteiger partial charge in [-0.05, 0) is 104 Å². The van der Waals surface area contributed by atoms with Crippen LogP contribution in [0.1, 0.15) is 74.2 Å². The Labute approximate surface area is 292 Å². The van der Waals surface area contributed by atoms with Gasteiger partial charge in [-0.3, -0.25) is 14.4 Å². The van der Waals surface area contributed by atoms with E-state index in [1.54, 1.807) is 6.07 Å². The van der Waals surface area contributed by atoms with Gasteiger partial charge in [0.15, 0.2) is 0 Å². The molecule has 0 unspecified atom stereocenters. The molecule has 2 saturated heterocycles. The molecule has 0 bridgehead atoms. The molecule has 1 aliphatic carbocycles. The zero-order chi connectivity index (χ0) is 33.6. The zero-order valence-electron chi connectivity index (χ0n) is 28.1. The van der Waals surface area contributed by atoms with Crippen molar-refractivity contribution < 1.29 is 19.1 Å². The number of fused-ring (bicyclic) bond motifs is 1. The number of carbonyl (C=O) groups is 3. The summed E-state index contributed by atoms with van der Waals surface area (Å²) in [6, 6.07) is 20.6. The van der Waals surface area contributed by atoms with Crippen molar-refractivity contribution in [1.29, 1.82) is 0 Å². The molecular formula is C39H49BrN4O4. The molecule has 8 nitrogen and oxygen atoms in total. The Balaban J connectivity index is 1.09. The summed E-state index contributed by atoms with van der Waals surface area (Å²) in [6.07, 6.45) is 7.44. The highest BCUT2D eigenvalue weighted by atomic mass is 79.9. The van der Waals surface area contributed by atoms with E-state index in [1.165, 1.54) is 0 Å². The van der Waals surface area contributed by atoms with Crippen LogP contribution in [0.5, 0.6) is 0 Å². The van der Waals surface area contributed by atoms with E-state index in [4.69, 9.17) is 4.74 Å². The topological polar surface area (TPSA) is 99.8 Å². The summed E-state index contributed by atoms with van der Waals surface area (Å²) >= 11 is 3.50. The number of nitrogens with zero attached hydrogens (tertiary/aromatic N) is 1. The van der Waals surface area contributed by atoms with Crippen molar-refractivity contribution in [3.05, 3.63) is 82.3 Å². The van der Waals surface area contributed by atoms with E-state index in [9.17, 15) is 14.4 Å². The Morgan fingerprint density at radius 2 is 1.60 bits per heavy atom. The smallest absolute Gasteiger partial charge is 0.252 e. The minimum Gasteiger partial charge on any atom is -0.381 e. The number of amides is 3. The first kappa shape index (κ1) is 34.6. The van der Waals surface area contributed by atoms with Crippen molar-refractivity contribution in [2.45, 2.75) is 76.3 Å². The van der Waals surface area contributed by atoms with Crippen LogP contribution < -0.4 is 16.0 Å². The summed E-state index contributed by atoms with van der Waals surface area (Å²) in [6.45, 7) is 7.88. The average molecular weight is 718 g/mol. The fourth-order valence-electron chi connectivity index (χ4n) is 7.67. The number of benzene rings is 3. The fourth-order valence-corrected chi connectivity index (χ4v) is 8.05. The van der Waals surface area contributed by atoms with E-state index in [0.29, 0.717) is 42.7 Å². The van der Waals surface area contributed by atoms with Gasteiger partial charge in [-0.2, -0.15) is 0 Å². The monoisotopic (exact) mass is 716 g/mol. The molecule has 3 fully saturated rings. The van der Waals surface area contributed by atoms with Gasteiger partial charge in [0.05, 0.1) is 0 Å². The van der Waals surface area contributed by atoms with Crippen LogP contribution in [0.3, 0.4) is 0 Å². The molecule has 48 heavy (non-hydrogen) atoms. The summed E-state index contributed by atoms with van der Waals surface area (Å²) in [4.78, 5) is 44.0. The third-order valence-corrected chi connectivity index (χ3v) is 11.3. The molecule has 3 aliphatic rings. The van der Waals surface area contributed by atoms with Crippen LogP contribution in [0.4, 0.5) is 0 Å². The Kier molecular flexibility index (Phi) is 11.2. The van der Waals surface area contributed by atoms with E-state index in [2.05, 4.69) is 43.7 Å². The van der Waals surface area contributed by atoms with Gasteiger partial charge in [0.25, 0.3) is 5.91 Å². The Morgan fingerprint density at radius 1 is 0.917 bits per heavy atom. The van der Waals surface area contributed by atoms with Crippen LogP contribution in [-0.2, 0) is 20.7 Å². The molecular weight excluding hydrogens is 668 g/mol. The second-order valence-corrected chi connectivity index (χ2v) is 15.5. The molecule has 9 heteroatoms. The first-order chi connectivity index (χ1) is 23.2. The van der Waals surface area contributed by atoms with E-state index in [1.807, 2.05) is 60.7 Å². The van der Waals surface area contributed by atoms with Crippen LogP contribution >= 0.6 is 15.9 Å². The molecule has 3 aromatic rings. The van der Waals surface area contributed by atoms with Crippen LogP contribution in [0.15, 0.2) is 71.2 Å². The van der Waals surface area contributed by atoms with Gasteiger partial charge in [0, 0.05) is 42.8 Å². The number of hydrogen-bond donors (Lipinski definition) is 3. The van der Waals surface area contributed by atoms with E-state index in [-0.39, 0.29) is 17.7 Å². The summed E-state index contributed by atoms with van der Waals surface area (Å²) in [5.74, 6) is -0.337. The first-order valence-electron chi connectivity index (χ1n) is 17.6. The summed E-state index contributed by atoms with van der Waals surface area (Å²) in [5.41, 5.74) is 0.746. The molecule has 6 rings (SSSR count). The van der Waals surface area contributed by atoms with Crippen molar-refractivity contribution in [1.82, 2.24) is 20.9 Å². The predicted octanol–water partition coefficient (Wildman–Crippen LogP) is 6.02. The molecule has 2 heterocycles. The zero-order valence-corrected chi connectivity index (χ0v) is 29.7. The van der Waals surface area contributed by atoms with E-state index in [0.717, 1.165) is 92.2 Å². The van der Waals surface area contributed by atoms with Gasteiger partial charge in [-0.25, -0.2) is 0 Å². The number of nitrogens with one attached hydrogen (secondary N) is 3. The predicted molar refractivity (Wildman–Crippen MR) is 193 cm³/mol. The molecule has 3 aromatic carbocycles. The number of carbonyl (C=O) groups excluding carboxylic acids is 3. The van der Waals surface area contributed by atoms with Crippen molar-refractivity contribution >= 4 is 44.4 Å². The largest absolute Gasteiger partial charge is 0.381 e. The van der Waals surface area contributed by atoms with Gasteiger partial charge in [-0.1, -0.05) is 78.2 Å². The quantitative estimate of drug-likeness (QED) is 0.226. The molecule has 0 aromatic heterocycles. The number of likely N-dealkylation sites (tertiary alicyclic amines) is 1. The molecule has 3 amide bonds. The SMILES string of the molecule is CC1(CN2CCC(CNC(=O)[C@@H](Cc3ccccc3)NC(=O)C3(NC(=O)c4ccc5cc(Br)ccc5c4)CCCC3)CC2)CCOCC1. The van der Waals surface area contributed by atoms with Crippen molar-refractivity contribution in [3.63, 3.8) is 0 Å². The first-order valence-corrected chi connectivity index (χ1v) is 18.4. The lowest BCUT2D eigenvalue weighted by Gasteiger charge is -2.41. The number of piperidine rings is 1. The lowest BCUT2D eigenvalue weighted by atomic mass is 9.81. The van der Waals surface area contributed by atoms with Crippen LogP contribution in [0.25, 0.3) is 10.8 Å². The highest BCUT2D eigenvalue weighted by Gasteiger charge is 2.44. The van der Waals surface area contributed by atoms with E-state index < -0.39 is 11.6 Å². The summed E-state index contributed by atoms with van der Waals surface area (Å²) in [7, 11) is 0. The molecule has 0 radical (unpaired) electrons. The number of hydrogen-bond acceptors (Lipinski definition) is 5. The molecule has 2 aliphatic heterocycles. The highest BCUT2D eigenvalue weighted by molar-refractivity contribution is 9.10. The second kappa shape index (κ2) is 15.5. The molecule has 1 atom stereocenters. The van der Waals surface area contributed by atoms with Gasteiger partial charge in [0.1, 0.15) is 11.6 Å². The molecule has 256 valence electrons. The number of rotatable bonds is 11. The van der Waals surface area contributed by atoms with Gasteiger partial charge in [0.2, 0.25) is 11.8 Å². The Hall–Kier alpha value is -3.27. The van der Waals surface area contributed by atoms with Crippen LogP contribution in [0.2, 0.25) is 0 Å². The number of halogens is 1. The lowest BCUT2D eigenvalue weighted by Crippen LogP contribution is -2.61. The van der Waals surface area contributed by atoms with Crippen molar-refractivity contribution in [2.24, 2.45) is 11.3 Å². The highest BCUT2D eigenvalue weighted by Crippen LogP contribution is 2.33. The van der Waals surface area contributed by atoms with Gasteiger partial charge >= 0.3 is 0 Å². The lowest BCUT2D eigenvalue weighted by molar-refractivity contribution is -0.132. The Bertz CT molecular complexity index is 1580. The van der Waals surface area contributed by atoms with Crippen LogP contribution in [0, 0.1) is 11.3 Å². The minimum atomic E-state index is -1.06. The Morgan fingerprint density at radius 3 is 2.33 bits per heavy atom. The summed E-state index contributed by atoms with van der Waals surface area (Å²) < 4.78 is 6.56. The molecule has 0 spiro atoms. The normalized spacial score (nSPS) is 20.2. The van der Waals surface area contributed by atoms with Crippen molar-refractivity contribution in [2.75, 3.05) is 39.4 Å². The average Bonchev–Trinajstić information content (AvgIpc) is 3.57. The second-order valence-electron chi connectivity index (χ2n) is 14.6. The maximum absolute atomic E-state index is 14.1. The third-order valence-electron chi connectivity index (χ3n) is 10.8. The van der Waals surface area contributed by atoms with Crippen molar-refractivity contribution in [3.8, 4) is 0 Å². The standard InChI is InChI=1S/C39H49BrN4O4/c1-38(17-21-48-22-18-38)27-44-19-13-29(14-20-44)26-41-36(46)34(23-28-7-3-2-4-8-28)42-37(47)39(15-5-6-16-39)43-35(45)32-10-9-31-25-33(40)12-11-30(31)24-32/h2-4,7-12,24-25,29,34H,5-6,13-23,26-27H2,1H3,(H,41,46)(H,42,47)(H,43,45)/t34-/m1/s1. The maximum Gasteiger partial charge on any atom is 0.252 e. The molecule has 3 N–H and O–H groups in total. The maximum atomic E-state index is 14.1. The van der Waals surface area contributed by atoms with Crippen LogP contribution in [-0.4, -0.2) is 73.6 Å². The molecule has 1 saturated carbocycles. The fraction of sp³-hybridized carbons (Fsp3) is 0.513. The minimum absolute atomic E-state index is 0.176.